The van der Waals surface area contributed by atoms with Crippen LogP contribution in [0, 0.1) is 5.92 Å². The van der Waals surface area contributed by atoms with Gasteiger partial charge in [0.05, 0.1) is 0 Å². The molecule has 1 nitrogen and oxygen atoms in total. The van der Waals surface area contributed by atoms with Gasteiger partial charge in [0.15, 0.2) is 0 Å². The van der Waals surface area contributed by atoms with Crippen LogP contribution in [-0.4, -0.2) is 24.5 Å². The minimum absolute atomic E-state index is 0.815. The van der Waals surface area contributed by atoms with Crippen LogP contribution >= 0.6 is 0 Å². The van der Waals surface area contributed by atoms with Crippen molar-refractivity contribution >= 4 is 0 Å². The molecule has 2 atom stereocenters. The molecular weight excluding hydrogens is 98.1 g/mol. The van der Waals surface area contributed by atoms with E-state index in [1.807, 2.05) is 0 Å². The third kappa shape index (κ3) is 0.873. The maximum atomic E-state index is 2.42. The third-order valence-corrected chi connectivity index (χ3v) is 2.46. The number of likely N-dealkylation sites (tertiary alicyclic amines) is 1. The fraction of sp³-hybridized carbons (Fsp3) is 1.00. The van der Waals surface area contributed by atoms with Crippen LogP contribution in [0.15, 0.2) is 0 Å². The van der Waals surface area contributed by atoms with Crippen LogP contribution in [-0.2, 0) is 0 Å². The monoisotopic (exact) mass is 113 g/mol. The second-order valence-electron chi connectivity index (χ2n) is 2.99. The smallest absolute Gasteiger partial charge is 0.00899 e. The van der Waals surface area contributed by atoms with E-state index in [2.05, 4.69) is 25.8 Å². The summed E-state index contributed by atoms with van der Waals surface area (Å²) in [6.07, 6.45) is 1.39. The van der Waals surface area contributed by atoms with Crippen LogP contribution in [0.5, 0.6) is 0 Å². The highest BCUT2D eigenvalue weighted by Gasteiger charge is 2.23. The summed E-state index contributed by atoms with van der Waals surface area (Å²) in [5, 5.41) is 0. The summed E-state index contributed by atoms with van der Waals surface area (Å²) < 4.78 is 0. The molecule has 0 aromatic carbocycles. The first kappa shape index (κ1) is 6.09. The summed E-state index contributed by atoms with van der Waals surface area (Å²) in [5.74, 6) is 0.917. The van der Waals surface area contributed by atoms with E-state index in [0.29, 0.717) is 0 Å². The Hall–Kier alpha value is -0.0400. The Balaban J connectivity index is 2.44. The standard InChI is InChI=1S/C7H15N/c1-6-4-5-8(3)7(6)2/h6-7H,4-5H2,1-3H3/t6-,7-/m0/s1. The van der Waals surface area contributed by atoms with E-state index in [0.717, 1.165) is 12.0 Å². The molecule has 0 N–H and O–H groups in total. The maximum absolute atomic E-state index is 2.42. The number of hydrogen-bond donors (Lipinski definition) is 0. The fourth-order valence-electron chi connectivity index (χ4n) is 1.29. The average Bonchev–Trinajstić information content (AvgIpc) is 1.98. The first-order valence-electron chi connectivity index (χ1n) is 3.42. The predicted molar refractivity (Wildman–Crippen MR) is 35.9 cm³/mol. The van der Waals surface area contributed by atoms with Gasteiger partial charge < -0.3 is 4.90 Å². The minimum atomic E-state index is 0.815. The molecule has 0 radical (unpaired) electrons. The second kappa shape index (κ2) is 2.06. The quantitative estimate of drug-likeness (QED) is 0.458. The van der Waals surface area contributed by atoms with E-state index in [4.69, 9.17) is 0 Å². The predicted octanol–water partition coefficient (Wildman–Crippen LogP) is 1.35. The molecule has 1 aliphatic rings. The zero-order valence-corrected chi connectivity index (χ0v) is 6.02. The highest BCUT2D eigenvalue weighted by molar-refractivity contribution is 4.77. The minimum Gasteiger partial charge on any atom is -0.303 e. The van der Waals surface area contributed by atoms with Crippen LogP contribution in [0.1, 0.15) is 20.3 Å². The maximum Gasteiger partial charge on any atom is 0.00899 e. The van der Waals surface area contributed by atoms with Crippen molar-refractivity contribution < 1.29 is 0 Å². The molecule has 0 unspecified atom stereocenters. The molecule has 1 heteroatoms. The second-order valence-corrected chi connectivity index (χ2v) is 2.99. The van der Waals surface area contributed by atoms with Gasteiger partial charge in [0.1, 0.15) is 0 Å². The van der Waals surface area contributed by atoms with Gasteiger partial charge in [-0.05, 0) is 32.9 Å². The molecule has 1 rings (SSSR count). The van der Waals surface area contributed by atoms with Crippen molar-refractivity contribution in [3.63, 3.8) is 0 Å². The van der Waals surface area contributed by atoms with Gasteiger partial charge in [-0.3, -0.25) is 0 Å². The summed E-state index contributed by atoms with van der Waals surface area (Å²) in [7, 11) is 2.20. The first-order chi connectivity index (χ1) is 3.72. The summed E-state index contributed by atoms with van der Waals surface area (Å²) in [6.45, 7) is 5.92. The Morgan fingerprint density at radius 2 is 2.00 bits per heavy atom. The van der Waals surface area contributed by atoms with Gasteiger partial charge >= 0.3 is 0 Å². The molecule has 1 saturated heterocycles. The van der Waals surface area contributed by atoms with Gasteiger partial charge in [-0.2, -0.15) is 0 Å². The van der Waals surface area contributed by atoms with Crippen molar-refractivity contribution in [2.45, 2.75) is 26.3 Å². The van der Waals surface area contributed by atoms with Gasteiger partial charge in [0, 0.05) is 6.04 Å². The molecule has 8 heavy (non-hydrogen) atoms. The van der Waals surface area contributed by atoms with Crippen molar-refractivity contribution in [2.75, 3.05) is 13.6 Å². The van der Waals surface area contributed by atoms with Gasteiger partial charge in [-0.15, -0.1) is 0 Å². The normalized spacial score (nSPS) is 40.9. The highest BCUT2D eigenvalue weighted by atomic mass is 15.1. The van der Waals surface area contributed by atoms with E-state index < -0.39 is 0 Å². The van der Waals surface area contributed by atoms with Crippen molar-refractivity contribution in [3.8, 4) is 0 Å². The molecule has 0 saturated carbocycles. The topological polar surface area (TPSA) is 3.24 Å². The lowest BCUT2D eigenvalue weighted by Crippen LogP contribution is -2.24. The Morgan fingerprint density at radius 3 is 2.12 bits per heavy atom. The van der Waals surface area contributed by atoms with Gasteiger partial charge in [-0.25, -0.2) is 0 Å². The molecule has 0 bridgehead atoms. The summed E-state index contributed by atoms with van der Waals surface area (Å²) >= 11 is 0. The van der Waals surface area contributed by atoms with Crippen LogP contribution in [0.2, 0.25) is 0 Å². The summed E-state index contributed by atoms with van der Waals surface area (Å²) in [5.41, 5.74) is 0. The molecule has 48 valence electrons. The molecule has 1 aliphatic heterocycles. The zero-order valence-electron chi connectivity index (χ0n) is 6.02. The lowest BCUT2D eigenvalue weighted by atomic mass is 10.1. The molecule has 0 aromatic rings. The molecule has 1 heterocycles. The molecule has 0 aromatic heterocycles. The zero-order chi connectivity index (χ0) is 6.15. The fourth-order valence-corrected chi connectivity index (χ4v) is 1.29. The van der Waals surface area contributed by atoms with E-state index in [9.17, 15) is 0 Å². The molecule has 1 fully saturated rings. The molecule has 0 amide bonds. The molecule has 0 spiro atoms. The van der Waals surface area contributed by atoms with Gasteiger partial charge in [0.2, 0.25) is 0 Å². The number of nitrogens with zero attached hydrogens (tertiary/aromatic N) is 1. The van der Waals surface area contributed by atoms with Crippen LogP contribution in [0.25, 0.3) is 0 Å². The lowest BCUT2D eigenvalue weighted by molar-refractivity contribution is 0.301. The van der Waals surface area contributed by atoms with Crippen molar-refractivity contribution in [2.24, 2.45) is 5.92 Å². The Labute approximate surface area is 51.7 Å². The van der Waals surface area contributed by atoms with Gasteiger partial charge in [0.25, 0.3) is 0 Å². The van der Waals surface area contributed by atoms with Crippen molar-refractivity contribution in [3.05, 3.63) is 0 Å². The molecular formula is C7H15N. The Bertz CT molecular complexity index is 70.5. The third-order valence-electron chi connectivity index (χ3n) is 2.46. The SMILES string of the molecule is C[C@H]1CCN(C)[C@H]1C. The van der Waals surface area contributed by atoms with Crippen LogP contribution in [0.4, 0.5) is 0 Å². The molecule has 0 aliphatic carbocycles. The first-order valence-corrected chi connectivity index (χ1v) is 3.42. The summed E-state index contributed by atoms with van der Waals surface area (Å²) in [4.78, 5) is 2.42. The van der Waals surface area contributed by atoms with E-state index >= 15 is 0 Å². The number of rotatable bonds is 0. The van der Waals surface area contributed by atoms with E-state index in [1.54, 1.807) is 0 Å². The van der Waals surface area contributed by atoms with E-state index in [1.165, 1.54) is 13.0 Å². The highest BCUT2D eigenvalue weighted by Crippen LogP contribution is 2.20. The van der Waals surface area contributed by atoms with Crippen molar-refractivity contribution in [1.29, 1.82) is 0 Å². The van der Waals surface area contributed by atoms with Crippen LogP contribution < -0.4 is 0 Å². The Kier molecular flexibility index (Phi) is 1.57. The van der Waals surface area contributed by atoms with Gasteiger partial charge in [-0.1, -0.05) is 6.92 Å². The lowest BCUT2D eigenvalue weighted by Gasteiger charge is -2.16. The average molecular weight is 113 g/mol. The van der Waals surface area contributed by atoms with E-state index in [-0.39, 0.29) is 0 Å². The Morgan fingerprint density at radius 1 is 1.38 bits per heavy atom. The number of hydrogen-bond acceptors (Lipinski definition) is 1. The summed E-state index contributed by atoms with van der Waals surface area (Å²) in [6, 6.07) is 0.815. The largest absolute Gasteiger partial charge is 0.303 e. The van der Waals surface area contributed by atoms with Crippen LogP contribution in [0.3, 0.4) is 0 Å². The van der Waals surface area contributed by atoms with Crippen molar-refractivity contribution in [1.82, 2.24) is 4.90 Å².